The molecule has 0 saturated heterocycles. The first kappa shape index (κ1) is 16.5. The van der Waals surface area contributed by atoms with Crippen LogP contribution < -0.4 is 11.5 Å². The average Bonchev–Trinajstić information content (AvgIpc) is 2.96. The van der Waals surface area contributed by atoms with Crippen LogP contribution >= 0.6 is 0 Å². The van der Waals surface area contributed by atoms with Crippen molar-refractivity contribution in [1.29, 1.82) is 0 Å². The second kappa shape index (κ2) is 5.92. The maximum absolute atomic E-state index is 13.5. The number of fused-ring (bicyclic) bond motifs is 1. The third-order valence-electron chi connectivity index (χ3n) is 3.99. The van der Waals surface area contributed by atoms with Crippen LogP contribution in [0.25, 0.3) is 16.9 Å². The molecule has 0 aliphatic carbocycles. The largest absolute Gasteiger partial charge is 0.324 e. The van der Waals surface area contributed by atoms with E-state index < -0.39 is 18.0 Å². The molecule has 0 saturated carbocycles. The van der Waals surface area contributed by atoms with E-state index in [0.717, 1.165) is 11.0 Å². The summed E-state index contributed by atoms with van der Waals surface area (Å²) in [4.78, 5) is 8.38. The predicted octanol–water partition coefficient (Wildman–Crippen LogP) is 3.10. The number of hydrogen-bond donors (Lipinski definition) is 2. The molecule has 0 bridgehead atoms. The topological polar surface area (TPSA) is 82.8 Å². The number of hydrogen-bond acceptors (Lipinski definition) is 4. The first-order valence-electron chi connectivity index (χ1n) is 7.55. The molecular formula is C17H19F2N5. The van der Waals surface area contributed by atoms with E-state index >= 15 is 0 Å². The van der Waals surface area contributed by atoms with Crippen LogP contribution in [0.1, 0.15) is 37.6 Å². The Morgan fingerprint density at radius 2 is 1.92 bits per heavy atom. The summed E-state index contributed by atoms with van der Waals surface area (Å²) in [7, 11) is 0. The highest BCUT2D eigenvalue weighted by Gasteiger charge is 2.28. The van der Waals surface area contributed by atoms with Crippen LogP contribution in [0.2, 0.25) is 0 Å². The minimum absolute atomic E-state index is 0.260. The molecule has 0 radical (unpaired) electrons. The Kier molecular flexibility index (Phi) is 4.06. The fraction of sp³-hybridized carbons (Fsp3) is 0.294. The van der Waals surface area contributed by atoms with E-state index in [-0.39, 0.29) is 11.3 Å². The Morgan fingerprint density at radius 1 is 1.17 bits per heavy atom. The van der Waals surface area contributed by atoms with Crippen molar-refractivity contribution in [2.75, 3.05) is 0 Å². The van der Waals surface area contributed by atoms with E-state index in [1.165, 1.54) is 0 Å². The third kappa shape index (κ3) is 2.88. The van der Waals surface area contributed by atoms with Crippen LogP contribution in [0.5, 0.6) is 0 Å². The molecule has 3 heterocycles. The van der Waals surface area contributed by atoms with Crippen molar-refractivity contribution in [3.05, 3.63) is 54.0 Å². The van der Waals surface area contributed by atoms with Crippen LogP contribution in [0.15, 0.2) is 42.7 Å². The molecule has 24 heavy (non-hydrogen) atoms. The SMILES string of the molecule is CC(C)(N)C(N)c1ccc(-n2ccc3ncccc32)nc1C(F)F. The van der Waals surface area contributed by atoms with Gasteiger partial charge in [0.1, 0.15) is 11.5 Å². The summed E-state index contributed by atoms with van der Waals surface area (Å²) >= 11 is 0. The average molecular weight is 331 g/mol. The Hall–Kier alpha value is -2.38. The zero-order chi connectivity index (χ0) is 17.5. The van der Waals surface area contributed by atoms with Gasteiger partial charge in [0.15, 0.2) is 0 Å². The summed E-state index contributed by atoms with van der Waals surface area (Å²) in [6, 6.07) is 7.95. The summed E-state index contributed by atoms with van der Waals surface area (Å²) in [6.07, 6.45) is 0.686. The fourth-order valence-electron chi connectivity index (χ4n) is 2.61. The predicted molar refractivity (Wildman–Crippen MR) is 89.0 cm³/mol. The highest BCUT2D eigenvalue weighted by Crippen LogP contribution is 2.30. The molecule has 3 rings (SSSR count). The van der Waals surface area contributed by atoms with E-state index in [0.29, 0.717) is 5.82 Å². The Balaban J connectivity index is 2.13. The molecule has 0 aliphatic rings. The zero-order valence-electron chi connectivity index (χ0n) is 13.4. The van der Waals surface area contributed by atoms with Crippen LogP contribution in [0.4, 0.5) is 8.78 Å². The second-order valence-corrected chi connectivity index (χ2v) is 6.34. The van der Waals surface area contributed by atoms with E-state index in [4.69, 9.17) is 11.5 Å². The number of halogens is 2. The summed E-state index contributed by atoms with van der Waals surface area (Å²) in [5.41, 5.74) is 12.7. The molecule has 0 aromatic carbocycles. The van der Waals surface area contributed by atoms with Gasteiger partial charge in [0.2, 0.25) is 0 Å². The highest BCUT2D eigenvalue weighted by molar-refractivity contribution is 5.77. The number of nitrogens with two attached hydrogens (primary N) is 2. The van der Waals surface area contributed by atoms with Gasteiger partial charge in [-0.25, -0.2) is 13.8 Å². The van der Waals surface area contributed by atoms with Gasteiger partial charge in [-0.1, -0.05) is 6.07 Å². The molecule has 3 aromatic heterocycles. The van der Waals surface area contributed by atoms with Gasteiger partial charge in [0, 0.05) is 24.0 Å². The Bertz CT molecular complexity index is 867. The van der Waals surface area contributed by atoms with Crippen molar-refractivity contribution < 1.29 is 8.78 Å². The molecule has 0 fully saturated rings. The zero-order valence-corrected chi connectivity index (χ0v) is 13.4. The van der Waals surface area contributed by atoms with E-state index in [2.05, 4.69) is 9.97 Å². The lowest BCUT2D eigenvalue weighted by molar-refractivity contribution is 0.143. The maximum atomic E-state index is 13.5. The van der Waals surface area contributed by atoms with Crippen LogP contribution in [-0.4, -0.2) is 20.1 Å². The molecular weight excluding hydrogens is 312 g/mol. The lowest BCUT2D eigenvalue weighted by Crippen LogP contribution is -2.44. The number of nitrogens with zero attached hydrogens (tertiary/aromatic N) is 3. The van der Waals surface area contributed by atoms with E-state index in [9.17, 15) is 8.78 Å². The molecule has 0 aliphatic heterocycles. The summed E-state index contributed by atoms with van der Waals surface area (Å²) < 4.78 is 28.8. The normalized spacial score (nSPS) is 13.6. The minimum Gasteiger partial charge on any atom is -0.324 e. The van der Waals surface area contributed by atoms with Crippen LogP contribution in [0.3, 0.4) is 0 Å². The highest BCUT2D eigenvalue weighted by atomic mass is 19.3. The maximum Gasteiger partial charge on any atom is 0.280 e. The molecule has 126 valence electrons. The molecule has 0 amide bonds. The number of pyridine rings is 2. The van der Waals surface area contributed by atoms with Gasteiger partial charge in [-0.3, -0.25) is 9.55 Å². The molecule has 5 nitrogen and oxygen atoms in total. The standard InChI is InChI=1S/C17H19F2N5/c1-17(2,21)15(20)10-5-6-13(23-14(10)16(18)19)24-9-7-11-12(24)4-3-8-22-11/h3-9,15-16H,20-21H2,1-2H3. The number of alkyl halides is 2. The smallest absolute Gasteiger partial charge is 0.280 e. The van der Waals surface area contributed by atoms with Crippen molar-refractivity contribution in [2.45, 2.75) is 31.9 Å². The summed E-state index contributed by atoms with van der Waals surface area (Å²) in [5, 5.41) is 0. The van der Waals surface area contributed by atoms with E-state index in [1.54, 1.807) is 49.0 Å². The van der Waals surface area contributed by atoms with Gasteiger partial charge >= 0.3 is 0 Å². The molecule has 3 aromatic rings. The summed E-state index contributed by atoms with van der Waals surface area (Å²) in [5.74, 6) is 0.388. The van der Waals surface area contributed by atoms with Gasteiger partial charge < -0.3 is 11.5 Å². The van der Waals surface area contributed by atoms with Crippen molar-refractivity contribution in [2.24, 2.45) is 11.5 Å². The number of rotatable bonds is 4. The van der Waals surface area contributed by atoms with E-state index in [1.807, 2.05) is 12.1 Å². The van der Waals surface area contributed by atoms with Gasteiger partial charge in [0.05, 0.1) is 11.0 Å². The monoisotopic (exact) mass is 331 g/mol. The van der Waals surface area contributed by atoms with Crippen molar-refractivity contribution in [3.63, 3.8) is 0 Å². The van der Waals surface area contributed by atoms with Gasteiger partial charge in [-0.15, -0.1) is 0 Å². The molecule has 7 heteroatoms. The van der Waals surface area contributed by atoms with Gasteiger partial charge in [0.25, 0.3) is 6.43 Å². The lowest BCUT2D eigenvalue weighted by Gasteiger charge is -2.28. The third-order valence-corrected chi connectivity index (χ3v) is 3.99. The van der Waals surface area contributed by atoms with Crippen LogP contribution in [-0.2, 0) is 0 Å². The van der Waals surface area contributed by atoms with Gasteiger partial charge in [-0.2, -0.15) is 0 Å². The summed E-state index contributed by atoms with van der Waals surface area (Å²) in [6.45, 7) is 3.40. The second-order valence-electron chi connectivity index (χ2n) is 6.34. The fourth-order valence-corrected chi connectivity index (χ4v) is 2.61. The first-order chi connectivity index (χ1) is 11.3. The number of aromatic nitrogens is 3. The first-order valence-corrected chi connectivity index (χ1v) is 7.55. The van der Waals surface area contributed by atoms with Crippen molar-refractivity contribution in [1.82, 2.24) is 14.5 Å². The quantitative estimate of drug-likeness (QED) is 0.769. The minimum atomic E-state index is -2.74. The van der Waals surface area contributed by atoms with Crippen molar-refractivity contribution >= 4 is 11.0 Å². The molecule has 1 unspecified atom stereocenters. The molecule has 4 N–H and O–H groups in total. The Morgan fingerprint density at radius 3 is 2.58 bits per heavy atom. The van der Waals surface area contributed by atoms with Gasteiger partial charge in [-0.05, 0) is 43.7 Å². The van der Waals surface area contributed by atoms with Crippen LogP contribution in [0, 0.1) is 0 Å². The lowest BCUT2D eigenvalue weighted by atomic mass is 9.89. The Labute approximate surface area is 138 Å². The van der Waals surface area contributed by atoms with Crippen molar-refractivity contribution in [3.8, 4) is 5.82 Å². The molecule has 1 atom stereocenters. The molecule has 0 spiro atoms.